The van der Waals surface area contributed by atoms with Gasteiger partial charge in [-0.25, -0.2) is 0 Å². The largest absolute Gasteiger partial charge is 0.872 e. The summed E-state index contributed by atoms with van der Waals surface area (Å²) in [5.41, 5.74) is 0.785. The molecule has 4 rings (SSSR count). The van der Waals surface area contributed by atoms with E-state index in [1.807, 2.05) is 0 Å². The fourth-order valence-corrected chi connectivity index (χ4v) is 4.87. The maximum absolute atomic E-state index is 13.6. The minimum absolute atomic E-state index is 0.0804. The van der Waals surface area contributed by atoms with E-state index in [0.29, 0.717) is 35.1 Å². The smallest absolute Gasteiger partial charge is 0.295 e. The van der Waals surface area contributed by atoms with E-state index in [-0.39, 0.29) is 11.1 Å². The van der Waals surface area contributed by atoms with E-state index in [2.05, 4.69) is 0 Å². The first-order chi connectivity index (χ1) is 16.9. The normalized spacial score (nSPS) is 20.3. The molecule has 0 radical (unpaired) electrons. The van der Waals surface area contributed by atoms with Crippen LogP contribution < -0.4 is 19.5 Å². The highest BCUT2D eigenvalue weighted by Gasteiger charge is 2.44. The minimum Gasteiger partial charge on any atom is -0.872 e. The van der Waals surface area contributed by atoms with Gasteiger partial charge in [-0.3, -0.25) is 9.59 Å². The predicted octanol–water partition coefficient (Wildman–Crippen LogP) is 0.886. The van der Waals surface area contributed by atoms with Crippen LogP contribution in [0.5, 0.6) is 11.5 Å². The SMILES string of the molecule is COc1ccc(C([O-])=C2C(=O)C(=O)N(CCC[NH+]3CCOCC3)C2c2cccc(Cl)c2)cc1OC. The van der Waals surface area contributed by atoms with Gasteiger partial charge in [-0.15, -0.1) is 0 Å². The Balaban J connectivity index is 1.70. The summed E-state index contributed by atoms with van der Waals surface area (Å²) < 4.78 is 16.0. The van der Waals surface area contributed by atoms with E-state index in [1.54, 1.807) is 36.4 Å². The molecule has 2 aliphatic rings. The van der Waals surface area contributed by atoms with Crippen molar-refractivity contribution in [1.82, 2.24) is 4.90 Å². The first kappa shape index (κ1) is 25.0. The highest BCUT2D eigenvalue weighted by atomic mass is 35.5. The van der Waals surface area contributed by atoms with E-state index in [9.17, 15) is 14.7 Å². The van der Waals surface area contributed by atoms with Gasteiger partial charge in [-0.1, -0.05) is 35.6 Å². The molecular weight excluding hydrogens is 472 g/mol. The van der Waals surface area contributed by atoms with Gasteiger partial charge in [0, 0.05) is 23.6 Å². The minimum atomic E-state index is -0.811. The Morgan fingerprint density at radius 2 is 1.86 bits per heavy atom. The average Bonchev–Trinajstić information content (AvgIpc) is 3.13. The highest BCUT2D eigenvalue weighted by Crippen LogP contribution is 2.40. The maximum Gasteiger partial charge on any atom is 0.295 e. The summed E-state index contributed by atoms with van der Waals surface area (Å²) in [6, 6.07) is 10.8. The van der Waals surface area contributed by atoms with Crippen molar-refractivity contribution in [3.05, 3.63) is 64.2 Å². The number of amides is 1. The molecule has 2 aromatic carbocycles. The molecule has 2 fully saturated rings. The topological polar surface area (TPSA) is 92.6 Å². The molecule has 9 heteroatoms. The van der Waals surface area contributed by atoms with Crippen molar-refractivity contribution < 1.29 is 33.8 Å². The molecule has 0 spiro atoms. The Kier molecular flexibility index (Phi) is 7.95. The lowest BCUT2D eigenvalue weighted by Crippen LogP contribution is -3.14. The molecule has 8 nitrogen and oxygen atoms in total. The summed E-state index contributed by atoms with van der Waals surface area (Å²) >= 11 is 6.24. The number of ketones is 1. The molecule has 1 N–H and O–H groups in total. The summed E-state index contributed by atoms with van der Waals surface area (Å²) in [5, 5.41) is 14.1. The Morgan fingerprint density at radius 1 is 1.11 bits per heavy atom. The van der Waals surface area contributed by atoms with Crippen LogP contribution in [0.25, 0.3) is 5.76 Å². The van der Waals surface area contributed by atoms with Crippen molar-refractivity contribution in [3.8, 4) is 11.5 Å². The van der Waals surface area contributed by atoms with Gasteiger partial charge in [-0.05, 0) is 35.4 Å². The Labute approximate surface area is 209 Å². The van der Waals surface area contributed by atoms with Gasteiger partial charge in [0.25, 0.3) is 5.91 Å². The molecule has 186 valence electrons. The number of benzene rings is 2. The maximum atomic E-state index is 13.6. The molecular formula is C26H29ClN2O6. The molecule has 1 atom stereocenters. The zero-order valence-corrected chi connectivity index (χ0v) is 20.6. The number of nitrogens with one attached hydrogen (secondary N) is 1. The van der Waals surface area contributed by atoms with Crippen LogP contribution in [0, 0.1) is 0 Å². The number of ether oxygens (including phenoxy) is 3. The van der Waals surface area contributed by atoms with Crippen molar-refractivity contribution in [2.24, 2.45) is 0 Å². The summed E-state index contributed by atoms with van der Waals surface area (Å²) in [5.74, 6) is -1.15. The molecule has 1 unspecified atom stereocenters. The average molecular weight is 501 g/mol. The van der Waals surface area contributed by atoms with Crippen LogP contribution in [-0.2, 0) is 14.3 Å². The van der Waals surface area contributed by atoms with E-state index < -0.39 is 23.5 Å². The molecule has 35 heavy (non-hydrogen) atoms. The zero-order valence-electron chi connectivity index (χ0n) is 19.8. The van der Waals surface area contributed by atoms with Gasteiger partial charge in [-0.2, -0.15) is 0 Å². The predicted molar refractivity (Wildman–Crippen MR) is 128 cm³/mol. The van der Waals surface area contributed by atoms with Crippen molar-refractivity contribution >= 4 is 29.1 Å². The summed E-state index contributed by atoms with van der Waals surface area (Å²) in [7, 11) is 2.97. The molecule has 2 aromatic rings. The van der Waals surface area contributed by atoms with Crippen LogP contribution >= 0.6 is 11.6 Å². The fourth-order valence-electron chi connectivity index (χ4n) is 4.67. The molecule has 0 aliphatic carbocycles. The zero-order chi connectivity index (χ0) is 24.9. The number of quaternary nitrogens is 1. The third-order valence-electron chi connectivity index (χ3n) is 6.47. The Bertz CT molecular complexity index is 1130. The second-order valence-electron chi connectivity index (χ2n) is 8.56. The number of carbonyl (C=O) groups excluding carboxylic acids is 2. The Morgan fingerprint density at radius 3 is 2.54 bits per heavy atom. The number of hydrogen-bond donors (Lipinski definition) is 1. The number of methoxy groups -OCH3 is 2. The van der Waals surface area contributed by atoms with E-state index in [1.165, 1.54) is 30.1 Å². The monoisotopic (exact) mass is 500 g/mol. The van der Waals surface area contributed by atoms with Crippen molar-refractivity contribution in [1.29, 1.82) is 0 Å². The fraction of sp³-hybridized carbons (Fsp3) is 0.385. The molecule has 2 saturated heterocycles. The number of morpholine rings is 1. The van der Waals surface area contributed by atoms with Crippen LogP contribution in [0.3, 0.4) is 0 Å². The van der Waals surface area contributed by atoms with Gasteiger partial charge < -0.3 is 29.1 Å². The van der Waals surface area contributed by atoms with Crippen LogP contribution in [0.15, 0.2) is 48.0 Å². The van der Waals surface area contributed by atoms with Gasteiger partial charge in [0.1, 0.15) is 13.1 Å². The van der Waals surface area contributed by atoms with Crippen molar-refractivity contribution in [2.45, 2.75) is 12.5 Å². The number of carbonyl (C=O) groups is 2. The lowest BCUT2D eigenvalue weighted by molar-refractivity contribution is -0.908. The molecule has 2 aliphatic heterocycles. The number of rotatable bonds is 8. The summed E-state index contributed by atoms with van der Waals surface area (Å²) in [6.45, 7) is 4.48. The number of hydrogen-bond acceptors (Lipinski definition) is 6. The quantitative estimate of drug-likeness (QED) is 0.329. The molecule has 0 saturated carbocycles. The third kappa shape index (κ3) is 5.29. The molecule has 0 bridgehead atoms. The first-order valence-corrected chi connectivity index (χ1v) is 12.0. The second-order valence-corrected chi connectivity index (χ2v) is 9.00. The van der Waals surface area contributed by atoms with Gasteiger partial charge in [0.15, 0.2) is 11.5 Å². The third-order valence-corrected chi connectivity index (χ3v) is 6.70. The first-order valence-electron chi connectivity index (χ1n) is 11.6. The van der Waals surface area contributed by atoms with Gasteiger partial charge in [0.2, 0.25) is 5.78 Å². The number of halogens is 1. The number of likely N-dealkylation sites (tertiary alicyclic amines) is 1. The van der Waals surface area contributed by atoms with Crippen LogP contribution in [0.2, 0.25) is 5.02 Å². The van der Waals surface area contributed by atoms with E-state index >= 15 is 0 Å². The molecule has 0 aromatic heterocycles. The molecule has 2 heterocycles. The highest BCUT2D eigenvalue weighted by molar-refractivity contribution is 6.46. The standard InChI is InChI=1S/C26H29ClN2O6/c1-33-20-8-7-18(16-21(20)34-2)24(30)22-23(17-5-3-6-19(27)15-17)29(26(32)25(22)31)10-4-9-28-11-13-35-14-12-28/h3,5-8,15-16,23,30H,4,9-14H2,1-2H3. The van der Waals surface area contributed by atoms with Crippen molar-refractivity contribution in [2.75, 3.05) is 53.6 Å². The lowest BCUT2D eigenvalue weighted by Gasteiger charge is -2.29. The summed E-state index contributed by atoms with van der Waals surface area (Å²) in [4.78, 5) is 29.2. The van der Waals surface area contributed by atoms with Crippen molar-refractivity contribution in [3.63, 3.8) is 0 Å². The summed E-state index contributed by atoms with van der Waals surface area (Å²) in [6.07, 6.45) is 0.698. The van der Waals surface area contributed by atoms with Gasteiger partial charge in [0.05, 0.1) is 40.0 Å². The van der Waals surface area contributed by atoms with Crippen LogP contribution in [0.4, 0.5) is 0 Å². The van der Waals surface area contributed by atoms with E-state index in [0.717, 1.165) is 32.8 Å². The molecule has 1 amide bonds. The Hall–Kier alpha value is -3.07. The second kappa shape index (κ2) is 11.1. The van der Waals surface area contributed by atoms with Gasteiger partial charge >= 0.3 is 0 Å². The number of nitrogens with zero attached hydrogens (tertiary/aromatic N) is 1. The lowest BCUT2D eigenvalue weighted by atomic mass is 9.95. The number of Topliss-reactive ketones (excluding diaryl/α,β-unsaturated/α-hetero) is 1. The van der Waals surface area contributed by atoms with Crippen LogP contribution in [0.1, 0.15) is 23.6 Å². The van der Waals surface area contributed by atoms with E-state index in [4.69, 9.17) is 25.8 Å². The van der Waals surface area contributed by atoms with Crippen LogP contribution in [-0.4, -0.2) is 70.2 Å².